The van der Waals surface area contributed by atoms with E-state index in [1.165, 1.54) is 5.56 Å². The van der Waals surface area contributed by atoms with Gasteiger partial charge in [-0.3, -0.25) is 0 Å². The van der Waals surface area contributed by atoms with Gasteiger partial charge in [-0.05, 0) is 20.6 Å². The fourth-order valence-electron chi connectivity index (χ4n) is 1.20. The maximum absolute atomic E-state index is 4.95. The Morgan fingerprint density at radius 1 is 1.00 bits per heavy atom. The van der Waals surface area contributed by atoms with Gasteiger partial charge in [-0.1, -0.05) is 6.07 Å². The summed E-state index contributed by atoms with van der Waals surface area (Å²) in [6, 6.07) is 20.4. The normalized spacial score (nSPS) is 9.35. The second-order valence-corrected chi connectivity index (χ2v) is 11.0. The molecule has 1 nitrogen and oxygen atoms in total. The predicted molar refractivity (Wildman–Crippen MR) is 88.0 cm³/mol. The minimum atomic E-state index is -1.77. The van der Waals surface area contributed by atoms with Crippen LogP contribution in [0.15, 0.2) is 60.7 Å². The first-order chi connectivity index (χ1) is 9.52. The van der Waals surface area contributed by atoms with Crippen molar-refractivity contribution < 1.29 is 12.3 Å². The minimum Gasteiger partial charge on any atom is -0.214 e. The van der Waals surface area contributed by atoms with Gasteiger partial charge in [0.05, 0.1) is 0 Å². The maximum Gasteiger partial charge on any atom is -0.172 e. The van der Waals surface area contributed by atoms with E-state index in [2.05, 4.69) is 49.7 Å². The molecule has 0 aliphatic heterocycles. The third kappa shape index (κ3) is 15.9. The van der Waals surface area contributed by atoms with Crippen LogP contribution in [0.1, 0.15) is 5.56 Å². The number of halogens is 3. The largest absolute Gasteiger partial charge is 0.214 e. The molecule has 0 spiro atoms. The van der Waals surface area contributed by atoms with Gasteiger partial charge in [-0.25, -0.2) is 12.1 Å². The van der Waals surface area contributed by atoms with E-state index in [0.717, 1.165) is 6.54 Å². The van der Waals surface area contributed by atoms with Crippen LogP contribution in [-0.4, -0.2) is 25.5 Å². The van der Waals surface area contributed by atoms with Gasteiger partial charge in [0, 0.05) is 0 Å². The van der Waals surface area contributed by atoms with Crippen LogP contribution in [0.4, 0.5) is 0 Å². The summed E-state index contributed by atoms with van der Waals surface area (Å²) in [7, 11) is 19.0. The Bertz CT molecular complexity index is 371. The first-order valence-corrected chi connectivity index (χ1v) is 11.8. The van der Waals surface area contributed by atoms with E-state index < -0.39 is 12.3 Å². The zero-order valence-corrected chi connectivity index (χ0v) is 15.3. The standard InChI is InChI=1S/C10H14N.C5H5.3ClH.V/c1-11(2)9-8-10-6-4-3-5-7-10;1-2-4-5-3-1;;;;/h3-8H,9H2,1-2H3;1-5H;3*1H;/q2*-1;;;;+3/p-3. The molecule has 0 aromatic heterocycles. The summed E-state index contributed by atoms with van der Waals surface area (Å²) < 4.78 is 0. The average molecular weight is 371 g/mol. The van der Waals surface area contributed by atoms with Gasteiger partial charge < -0.3 is 4.90 Å². The van der Waals surface area contributed by atoms with E-state index in [-0.39, 0.29) is 0 Å². The summed E-state index contributed by atoms with van der Waals surface area (Å²) in [5.41, 5.74) is 1.29. The van der Waals surface area contributed by atoms with Crippen molar-refractivity contribution in [3.63, 3.8) is 0 Å². The molecule has 0 radical (unpaired) electrons. The molecule has 0 saturated carbocycles. The van der Waals surface area contributed by atoms with Crippen LogP contribution in [0.5, 0.6) is 0 Å². The maximum atomic E-state index is 4.95. The zero-order valence-electron chi connectivity index (χ0n) is 11.6. The Morgan fingerprint density at radius 3 is 1.85 bits per heavy atom. The van der Waals surface area contributed by atoms with Crippen LogP contribution in [0.2, 0.25) is 0 Å². The Hall–Kier alpha value is -0.146. The molecule has 0 aliphatic carbocycles. The monoisotopic (exact) mass is 369 g/mol. The first-order valence-electron chi connectivity index (χ1n) is 5.99. The molecular weight excluding hydrogens is 351 g/mol. The molecule has 112 valence electrons. The zero-order chi connectivity index (χ0) is 15.2. The SMILES string of the molecule is CN(C)C[CH-]c1ccccc1.[Cl][V]([Cl])[Cl].c1cc[cH-]c1. The van der Waals surface area contributed by atoms with Crippen molar-refractivity contribution in [3.8, 4) is 0 Å². The van der Waals surface area contributed by atoms with Crippen LogP contribution in [0.3, 0.4) is 0 Å². The fourth-order valence-corrected chi connectivity index (χ4v) is 1.20. The van der Waals surface area contributed by atoms with Crippen LogP contribution in [-0.2, 0) is 12.3 Å². The molecule has 20 heavy (non-hydrogen) atoms. The number of hydrogen-bond acceptors (Lipinski definition) is 1. The van der Waals surface area contributed by atoms with Gasteiger partial charge in [0.2, 0.25) is 0 Å². The van der Waals surface area contributed by atoms with Crippen LogP contribution >= 0.6 is 29.5 Å². The average Bonchev–Trinajstić information content (AvgIpc) is 2.96. The predicted octanol–water partition coefficient (Wildman–Crippen LogP) is 5.27. The summed E-state index contributed by atoms with van der Waals surface area (Å²) in [5.74, 6) is 0. The van der Waals surface area contributed by atoms with E-state index in [0.29, 0.717) is 0 Å². The van der Waals surface area contributed by atoms with Crippen molar-refractivity contribution in [2.75, 3.05) is 20.6 Å². The third-order valence-electron chi connectivity index (χ3n) is 2.05. The molecule has 2 aromatic rings. The Balaban J connectivity index is 0.000000331. The Morgan fingerprint density at radius 2 is 1.50 bits per heavy atom. The third-order valence-corrected chi connectivity index (χ3v) is 2.05. The first kappa shape index (κ1) is 19.9. The second kappa shape index (κ2) is 13.8. The number of likely N-dealkylation sites (N-methyl/N-ethyl adjacent to an activating group) is 1. The van der Waals surface area contributed by atoms with Gasteiger partial charge >= 0.3 is 41.8 Å². The Kier molecular flexibility index (Phi) is 13.7. The number of rotatable bonds is 3. The molecule has 0 N–H and O–H groups in total. The van der Waals surface area contributed by atoms with E-state index in [1.807, 2.05) is 36.4 Å². The smallest absolute Gasteiger partial charge is 0.172 e. The van der Waals surface area contributed by atoms with Crippen LogP contribution in [0.25, 0.3) is 0 Å². The molecule has 0 fully saturated rings. The van der Waals surface area contributed by atoms with E-state index in [1.54, 1.807) is 0 Å². The minimum absolute atomic E-state index is 1.00. The molecule has 0 bridgehead atoms. The number of nitrogens with zero attached hydrogens (tertiary/aromatic N) is 1. The summed E-state index contributed by atoms with van der Waals surface area (Å²) in [6.07, 6.45) is 2.21. The van der Waals surface area contributed by atoms with Crippen LogP contribution in [0, 0.1) is 6.42 Å². The van der Waals surface area contributed by atoms with Crippen molar-refractivity contribution in [3.05, 3.63) is 72.6 Å². The molecule has 0 unspecified atom stereocenters. The second-order valence-electron chi connectivity index (χ2n) is 4.03. The molecule has 5 heteroatoms. The summed E-state index contributed by atoms with van der Waals surface area (Å²) in [4.78, 5) is 2.15. The van der Waals surface area contributed by atoms with Crippen molar-refractivity contribution in [2.45, 2.75) is 0 Å². The number of hydrogen-bond donors (Lipinski definition) is 0. The van der Waals surface area contributed by atoms with Crippen molar-refractivity contribution in [1.82, 2.24) is 4.90 Å². The number of benzene rings is 1. The molecule has 0 saturated heterocycles. The van der Waals surface area contributed by atoms with Crippen LogP contribution < -0.4 is 0 Å². The quantitative estimate of drug-likeness (QED) is 0.665. The molecule has 2 aromatic carbocycles. The summed E-state index contributed by atoms with van der Waals surface area (Å²) >= 11 is -1.77. The van der Waals surface area contributed by atoms with Gasteiger partial charge in [0.15, 0.2) is 0 Å². The summed E-state index contributed by atoms with van der Waals surface area (Å²) in [6.45, 7) is 1.00. The molecule has 2 rings (SSSR count). The topological polar surface area (TPSA) is 3.24 Å². The van der Waals surface area contributed by atoms with Crippen molar-refractivity contribution in [1.29, 1.82) is 0 Å². The fraction of sp³-hybridized carbons (Fsp3) is 0.200. The van der Waals surface area contributed by atoms with E-state index in [4.69, 9.17) is 29.5 Å². The Labute approximate surface area is 139 Å². The summed E-state index contributed by atoms with van der Waals surface area (Å²) in [5, 5.41) is 0. The van der Waals surface area contributed by atoms with Crippen molar-refractivity contribution in [2.24, 2.45) is 0 Å². The van der Waals surface area contributed by atoms with E-state index in [9.17, 15) is 0 Å². The molecule has 0 heterocycles. The van der Waals surface area contributed by atoms with E-state index >= 15 is 0 Å². The van der Waals surface area contributed by atoms with Gasteiger partial charge in [-0.2, -0.15) is 42.3 Å². The molecule has 0 aliphatic rings. The van der Waals surface area contributed by atoms with Crippen molar-refractivity contribution >= 4 is 29.5 Å². The van der Waals surface area contributed by atoms with Gasteiger partial charge in [0.1, 0.15) is 0 Å². The molecular formula is C15H19Cl3NV-2. The van der Waals surface area contributed by atoms with Gasteiger partial charge in [0.25, 0.3) is 0 Å². The van der Waals surface area contributed by atoms with Gasteiger partial charge in [-0.15, -0.1) is 12.1 Å². The molecule has 0 amide bonds. The molecule has 0 atom stereocenters.